The fourth-order valence-electron chi connectivity index (χ4n) is 3.27. The number of fused-ring (bicyclic) bond motifs is 1. The molecule has 0 aliphatic rings. The maximum atomic E-state index is 13.0. The second kappa shape index (κ2) is 8.49. The van der Waals surface area contributed by atoms with Gasteiger partial charge in [-0.2, -0.15) is 0 Å². The van der Waals surface area contributed by atoms with Crippen LogP contribution in [-0.4, -0.2) is 19.9 Å². The average molecular weight is 455 g/mol. The van der Waals surface area contributed by atoms with Gasteiger partial charge in [-0.05, 0) is 49.2 Å². The van der Waals surface area contributed by atoms with Gasteiger partial charge in [0, 0.05) is 35.2 Å². The summed E-state index contributed by atoms with van der Waals surface area (Å²) in [4.78, 5) is 43.4. The number of nitrogens with zero attached hydrogens (tertiary/aromatic N) is 3. The monoisotopic (exact) mass is 454 g/mol. The molecule has 4 rings (SSSR count). The Morgan fingerprint density at radius 3 is 2.58 bits per heavy atom. The number of carbonyl (C=O) groups is 1. The van der Waals surface area contributed by atoms with Gasteiger partial charge in [-0.1, -0.05) is 23.7 Å². The van der Waals surface area contributed by atoms with Gasteiger partial charge in [0.1, 0.15) is 9.71 Å². The third-order valence-corrected chi connectivity index (χ3v) is 6.35. The number of aryl methyl sites for hydroxylation is 2. The molecule has 1 aromatic carbocycles. The zero-order chi connectivity index (χ0) is 22.1. The van der Waals surface area contributed by atoms with Crippen LogP contribution in [-0.2, 0) is 13.1 Å². The van der Waals surface area contributed by atoms with E-state index in [4.69, 9.17) is 11.6 Å². The lowest BCUT2D eigenvalue weighted by molar-refractivity contribution is 0.0954. The summed E-state index contributed by atoms with van der Waals surface area (Å²) in [5.41, 5.74) is 2.13. The number of nitrogens with one attached hydrogen (secondary N) is 1. The van der Waals surface area contributed by atoms with Crippen LogP contribution in [0.25, 0.3) is 4.83 Å². The molecule has 0 aliphatic carbocycles. The third-order valence-electron chi connectivity index (χ3n) is 4.89. The van der Waals surface area contributed by atoms with Gasteiger partial charge >= 0.3 is 5.69 Å². The Hall–Kier alpha value is -3.23. The summed E-state index contributed by atoms with van der Waals surface area (Å²) in [6.45, 7) is 4.00. The van der Waals surface area contributed by atoms with Gasteiger partial charge < -0.3 is 5.32 Å². The Balaban J connectivity index is 1.65. The molecule has 0 saturated heterocycles. The molecule has 1 amide bonds. The van der Waals surface area contributed by atoms with E-state index in [-0.39, 0.29) is 18.0 Å². The van der Waals surface area contributed by atoms with Crippen molar-refractivity contribution in [3.05, 3.63) is 102 Å². The fraction of sp³-hybridized carbons (Fsp3) is 0.182. The van der Waals surface area contributed by atoms with Crippen molar-refractivity contribution in [2.45, 2.75) is 26.9 Å². The number of carbonyl (C=O) groups excluding carboxylic acids is 1. The van der Waals surface area contributed by atoms with E-state index >= 15 is 0 Å². The van der Waals surface area contributed by atoms with Crippen molar-refractivity contribution in [3.63, 3.8) is 0 Å². The van der Waals surface area contributed by atoms with Crippen molar-refractivity contribution in [2.24, 2.45) is 0 Å². The highest BCUT2D eigenvalue weighted by Gasteiger charge is 2.17. The van der Waals surface area contributed by atoms with Crippen molar-refractivity contribution in [1.29, 1.82) is 0 Å². The molecule has 7 nitrogen and oxygen atoms in total. The number of pyridine rings is 1. The van der Waals surface area contributed by atoms with E-state index in [2.05, 4.69) is 10.3 Å². The van der Waals surface area contributed by atoms with Crippen molar-refractivity contribution in [3.8, 4) is 0 Å². The largest absolute Gasteiger partial charge is 0.347 e. The number of thiazole rings is 1. The van der Waals surface area contributed by atoms with Gasteiger partial charge in [-0.25, -0.2) is 4.79 Å². The lowest BCUT2D eigenvalue weighted by Gasteiger charge is -2.07. The molecule has 0 aliphatic heterocycles. The quantitative estimate of drug-likeness (QED) is 0.502. The molecule has 0 saturated carbocycles. The molecular weight excluding hydrogens is 436 g/mol. The number of halogens is 1. The van der Waals surface area contributed by atoms with Crippen molar-refractivity contribution >= 4 is 33.7 Å². The molecule has 3 aromatic heterocycles. The van der Waals surface area contributed by atoms with Gasteiger partial charge in [-0.15, -0.1) is 11.3 Å². The molecule has 0 atom stereocenters. The van der Waals surface area contributed by atoms with Crippen molar-refractivity contribution < 1.29 is 4.79 Å². The minimum Gasteiger partial charge on any atom is -0.347 e. The Kier molecular flexibility index (Phi) is 5.75. The van der Waals surface area contributed by atoms with Gasteiger partial charge in [0.25, 0.3) is 11.5 Å². The number of hydrogen-bond acceptors (Lipinski definition) is 5. The number of rotatable bonds is 5. The topological polar surface area (TPSA) is 85.5 Å². The van der Waals surface area contributed by atoms with E-state index in [1.54, 1.807) is 37.4 Å². The smallest absolute Gasteiger partial charge is 0.336 e. The lowest BCUT2D eigenvalue weighted by Crippen LogP contribution is -2.38. The third kappa shape index (κ3) is 4.30. The normalized spacial score (nSPS) is 11.1. The summed E-state index contributed by atoms with van der Waals surface area (Å²) in [5, 5.41) is 3.43. The van der Waals surface area contributed by atoms with Crippen LogP contribution in [0.15, 0.2) is 58.4 Å². The highest BCUT2D eigenvalue weighted by Crippen LogP contribution is 2.18. The van der Waals surface area contributed by atoms with Crippen LogP contribution in [0, 0.1) is 13.8 Å². The Morgan fingerprint density at radius 1 is 1.13 bits per heavy atom. The van der Waals surface area contributed by atoms with E-state index in [0.29, 0.717) is 26.8 Å². The minimum atomic E-state index is -0.486. The summed E-state index contributed by atoms with van der Waals surface area (Å²) in [5.74, 6) is -0.307. The van der Waals surface area contributed by atoms with Crippen LogP contribution in [0.1, 0.15) is 32.1 Å². The Morgan fingerprint density at radius 2 is 1.87 bits per heavy atom. The van der Waals surface area contributed by atoms with Crippen molar-refractivity contribution in [1.82, 2.24) is 19.3 Å². The molecule has 0 fully saturated rings. The molecule has 4 aromatic rings. The average Bonchev–Trinajstić information content (AvgIpc) is 3.21. The molecule has 31 heavy (non-hydrogen) atoms. The molecule has 0 unspecified atom stereocenters. The summed E-state index contributed by atoms with van der Waals surface area (Å²) in [6, 6.07) is 10.7. The van der Waals surface area contributed by atoms with E-state index in [0.717, 1.165) is 28.2 Å². The molecular formula is C22H19ClN4O3S. The highest BCUT2D eigenvalue weighted by molar-refractivity contribution is 7.19. The summed E-state index contributed by atoms with van der Waals surface area (Å²) < 4.78 is 2.53. The molecule has 0 bridgehead atoms. The summed E-state index contributed by atoms with van der Waals surface area (Å²) in [7, 11) is 0. The zero-order valence-electron chi connectivity index (χ0n) is 16.9. The number of hydrogen-bond donors (Lipinski definition) is 1. The predicted molar refractivity (Wildman–Crippen MR) is 121 cm³/mol. The second-order valence-corrected chi connectivity index (χ2v) is 8.65. The maximum Gasteiger partial charge on any atom is 0.336 e. The predicted octanol–water partition coefficient (Wildman–Crippen LogP) is 3.17. The Labute approximate surface area is 186 Å². The first kappa shape index (κ1) is 21.0. The fourth-order valence-corrected chi connectivity index (χ4v) is 4.39. The first-order valence-electron chi connectivity index (χ1n) is 9.53. The second-order valence-electron chi connectivity index (χ2n) is 7.18. The van der Waals surface area contributed by atoms with Crippen LogP contribution in [0.5, 0.6) is 0 Å². The standard InChI is InChI=1S/C22H19ClN4O3S/c1-13-9-16(7-8-24-13)10-25-19(28)18-12-27-21(31-18)14(2)20(29)26(22(27)30)11-15-3-5-17(23)6-4-15/h3-9,12H,10-11H2,1-2H3,(H,25,28). The number of amides is 1. The van der Waals surface area contributed by atoms with Gasteiger partial charge in [0.05, 0.1) is 6.54 Å². The molecule has 158 valence electrons. The first-order chi connectivity index (χ1) is 14.8. The highest BCUT2D eigenvalue weighted by atomic mass is 35.5. The number of aromatic nitrogens is 3. The van der Waals surface area contributed by atoms with Crippen molar-refractivity contribution in [2.75, 3.05) is 0 Å². The molecule has 0 radical (unpaired) electrons. The maximum absolute atomic E-state index is 13.0. The van der Waals surface area contributed by atoms with Crippen LogP contribution in [0.2, 0.25) is 5.02 Å². The molecule has 0 spiro atoms. The Bertz CT molecular complexity index is 1400. The number of benzene rings is 1. The van der Waals surface area contributed by atoms with Crippen LogP contribution >= 0.6 is 22.9 Å². The van der Waals surface area contributed by atoms with E-state index in [1.165, 1.54) is 15.2 Å². The van der Waals surface area contributed by atoms with Gasteiger partial charge in [0.2, 0.25) is 0 Å². The van der Waals surface area contributed by atoms with Gasteiger partial charge in [-0.3, -0.25) is 23.5 Å². The SMILES string of the molecule is Cc1cc(CNC(=O)c2cn3c(=O)n(Cc4ccc(Cl)cc4)c(=O)c(C)c3s2)ccn1. The van der Waals surface area contributed by atoms with Crippen LogP contribution in [0.3, 0.4) is 0 Å². The van der Waals surface area contributed by atoms with Crippen LogP contribution in [0.4, 0.5) is 0 Å². The zero-order valence-corrected chi connectivity index (χ0v) is 18.5. The lowest BCUT2D eigenvalue weighted by atomic mass is 10.2. The van der Waals surface area contributed by atoms with E-state index in [1.807, 2.05) is 19.1 Å². The van der Waals surface area contributed by atoms with E-state index in [9.17, 15) is 14.4 Å². The molecule has 1 N–H and O–H groups in total. The minimum absolute atomic E-state index is 0.122. The van der Waals surface area contributed by atoms with Gasteiger partial charge in [0.15, 0.2) is 0 Å². The van der Waals surface area contributed by atoms with Crippen LogP contribution < -0.4 is 16.6 Å². The van der Waals surface area contributed by atoms with E-state index < -0.39 is 5.69 Å². The summed E-state index contributed by atoms with van der Waals surface area (Å²) >= 11 is 7.03. The molecule has 9 heteroatoms. The summed E-state index contributed by atoms with van der Waals surface area (Å²) in [6.07, 6.45) is 3.18. The first-order valence-corrected chi connectivity index (χ1v) is 10.7. The molecule has 3 heterocycles.